The SMILES string of the molecule is CCOC(=O)C1C(C)=NC(=S)NC1c1ccc(N(C)C)cc1. The average molecular weight is 319 g/mol. The molecule has 0 amide bonds. The molecule has 2 unspecified atom stereocenters. The normalized spacial score (nSPS) is 20.9. The first-order valence-electron chi connectivity index (χ1n) is 7.23. The van der Waals surface area contributed by atoms with Crippen molar-refractivity contribution in [3.8, 4) is 0 Å². The minimum absolute atomic E-state index is 0.250. The van der Waals surface area contributed by atoms with Crippen LogP contribution in [0.3, 0.4) is 0 Å². The molecule has 6 heteroatoms. The lowest BCUT2D eigenvalue weighted by Gasteiger charge is -2.31. The Morgan fingerprint density at radius 1 is 1.36 bits per heavy atom. The van der Waals surface area contributed by atoms with Crippen LogP contribution in [0.2, 0.25) is 0 Å². The van der Waals surface area contributed by atoms with E-state index in [9.17, 15) is 4.79 Å². The van der Waals surface area contributed by atoms with Crippen molar-refractivity contribution in [2.45, 2.75) is 19.9 Å². The van der Waals surface area contributed by atoms with Crippen LogP contribution in [0.25, 0.3) is 0 Å². The third-order valence-electron chi connectivity index (χ3n) is 3.65. The molecule has 2 atom stereocenters. The van der Waals surface area contributed by atoms with Gasteiger partial charge in [-0.15, -0.1) is 0 Å². The van der Waals surface area contributed by atoms with Crippen LogP contribution in [-0.2, 0) is 9.53 Å². The zero-order chi connectivity index (χ0) is 16.3. The number of nitrogens with zero attached hydrogens (tertiary/aromatic N) is 2. The van der Waals surface area contributed by atoms with Crippen LogP contribution in [0.4, 0.5) is 5.69 Å². The second kappa shape index (κ2) is 6.87. The Balaban J connectivity index is 2.34. The highest BCUT2D eigenvalue weighted by Crippen LogP contribution is 2.29. The first-order chi connectivity index (χ1) is 10.4. The van der Waals surface area contributed by atoms with Gasteiger partial charge < -0.3 is 15.0 Å². The molecular weight excluding hydrogens is 298 g/mol. The van der Waals surface area contributed by atoms with Gasteiger partial charge in [0.05, 0.1) is 12.6 Å². The number of carbonyl (C=O) groups excluding carboxylic acids is 1. The van der Waals surface area contributed by atoms with Gasteiger partial charge in [0.2, 0.25) is 0 Å². The van der Waals surface area contributed by atoms with Crippen molar-refractivity contribution >= 4 is 34.7 Å². The number of esters is 1. The van der Waals surface area contributed by atoms with E-state index in [1.807, 2.05) is 50.2 Å². The van der Waals surface area contributed by atoms with Gasteiger partial charge in [-0.2, -0.15) is 0 Å². The fourth-order valence-electron chi connectivity index (χ4n) is 2.51. The maximum absolute atomic E-state index is 12.3. The molecule has 1 aliphatic rings. The maximum atomic E-state index is 12.3. The fourth-order valence-corrected chi connectivity index (χ4v) is 2.78. The number of aliphatic imine (C=N–C) groups is 1. The molecule has 1 aromatic carbocycles. The molecule has 1 N–H and O–H groups in total. The predicted molar refractivity (Wildman–Crippen MR) is 92.5 cm³/mol. The Labute approximate surface area is 136 Å². The van der Waals surface area contributed by atoms with Crippen molar-refractivity contribution in [1.82, 2.24) is 5.32 Å². The molecule has 0 spiro atoms. The Kier molecular flexibility index (Phi) is 5.13. The summed E-state index contributed by atoms with van der Waals surface area (Å²) in [7, 11) is 3.97. The molecule has 0 saturated heterocycles. The molecule has 118 valence electrons. The van der Waals surface area contributed by atoms with E-state index in [0.29, 0.717) is 17.4 Å². The number of ether oxygens (including phenoxy) is 1. The van der Waals surface area contributed by atoms with Gasteiger partial charge in [-0.1, -0.05) is 12.1 Å². The zero-order valence-electron chi connectivity index (χ0n) is 13.3. The topological polar surface area (TPSA) is 53.9 Å². The lowest BCUT2D eigenvalue weighted by atomic mass is 9.88. The van der Waals surface area contributed by atoms with Crippen molar-refractivity contribution in [2.75, 3.05) is 25.6 Å². The molecule has 0 aliphatic carbocycles. The van der Waals surface area contributed by atoms with E-state index in [2.05, 4.69) is 10.3 Å². The highest BCUT2D eigenvalue weighted by atomic mass is 32.1. The van der Waals surface area contributed by atoms with Crippen LogP contribution in [0.5, 0.6) is 0 Å². The van der Waals surface area contributed by atoms with E-state index >= 15 is 0 Å². The van der Waals surface area contributed by atoms with E-state index < -0.39 is 5.92 Å². The van der Waals surface area contributed by atoms with Crippen molar-refractivity contribution in [3.63, 3.8) is 0 Å². The first-order valence-corrected chi connectivity index (χ1v) is 7.64. The summed E-state index contributed by atoms with van der Waals surface area (Å²) in [4.78, 5) is 18.5. The van der Waals surface area contributed by atoms with Gasteiger partial charge in [-0.3, -0.25) is 4.79 Å². The highest BCUT2D eigenvalue weighted by Gasteiger charge is 2.36. The summed E-state index contributed by atoms with van der Waals surface area (Å²) in [6, 6.07) is 7.79. The maximum Gasteiger partial charge on any atom is 0.317 e. The second-order valence-electron chi connectivity index (χ2n) is 5.40. The molecular formula is C16H21N3O2S. The van der Waals surface area contributed by atoms with Crippen molar-refractivity contribution in [3.05, 3.63) is 29.8 Å². The number of hydrogen-bond donors (Lipinski definition) is 1. The number of rotatable bonds is 4. The standard InChI is InChI=1S/C16H21N3O2S/c1-5-21-15(20)13-10(2)17-16(22)18-14(13)11-6-8-12(9-7-11)19(3)4/h6-9,13-14H,5H2,1-4H3,(H,18,22). The molecule has 0 fully saturated rings. The molecule has 1 aliphatic heterocycles. The Bertz CT molecular complexity index is 596. The number of benzene rings is 1. The predicted octanol–water partition coefficient (Wildman–Crippen LogP) is 2.32. The smallest absolute Gasteiger partial charge is 0.317 e. The number of anilines is 1. The van der Waals surface area contributed by atoms with Crippen LogP contribution in [0.15, 0.2) is 29.3 Å². The van der Waals surface area contributed by atoms with Crippen molar-refractivity contribution < 1.29 is 9.53 Å². The summed E-state index contributed by atoms with van der Waals surface area (Å²) in [6.07, 6.45) is 0. The number of nitrogens with one attached hydrogen (secondary N) is 1. The zero-order valence-corrected chi connectivity index (χ0v) is 14.1. The van der Waals surface area contributed by atoms with Gasteiger partial charge in [-0.05, 0) is 43.8 Å². The average Bonchev–Trinajstić information content (AvgIpc) is 2.46. The molecule has 0 aromatic heterocycles. The highest BCUT2D eigenvalue weighted by molar-refractivity contribution is 7.80. The molecule has 0 radical (unpaired) electrons. The molecule has 1 aromatic rings. The summed E-state index contributed by atoms with van der Waals surface area (Å²) < 4.78 is 5.19. The van der Waals surface area contributed by atoms with E-state index in [4.69, 9.17) is 17.0 Å². The molecule has 5 nitrogen and oxygen atoms in total. The van der Waals surface area contributed by atoms with Gasteiger partial charge >= 0.3 is 5.97 Å². The summed E-state index contributed by atoms with van der Waals surface area (Å²) >= 11 is 5.17. The van der Waals surface area contributed by atoms with Crippen LogP contribution in [-0.4, -0.2) is 37.5 Å². The van der Waals surface area contributed by atoms with Crippen LogP contribution in [0.1, 0.15) is 25.5 Å². The summed E-state index contributed by atoms with van der Waals surface area (Å²) in [5.41, 5.74) is 2.77. The molecule has 22 heavy (non-hydrogen) atoms. The van der Waals surface area contributed by atoms with Crippen LogP contribution < -0.4 is 10.2 Å². The van der Waals surface area contributed by atoms with Crippen molar-refractivity contribution in [2.24, 2.45) is 10.9 Å². The molecule has 2 rings (SSSR count). The minimum atomic E-state index is -0.461. The van der Waals surface area contributed by atoms with E-state index in [-0.39, 0.29) is 12.0 Å². The lowest BCUT2D eigenvalue weighted by molar-refractivity contribution is -0.146. The van der Waals surface area contributed by atoms with Gasteiger partial charge in [0, 0.05) is 25.5 Å². The van der Waals surface area contributed by atoms with Crippen LogP contribution >= 0.6 is 12.2 Å². The Morgan fingerprint density at radius 2 is 2.00 bits per heavy atom. The van der Waals surface area contributed by atoms with Gasteiger partial charge in [0.25, 0.3) is 0 Å². The van der Waals surface area contributed by atoms with Gasteiger partial charge in [0.1, 0.15) is 5.92 Å². The summed E-state index contributed by atoms with van der Waals surface area (Å²) in [6.45, 7) is 3.96. The minimum Gasteiger partial charge on any atom is -0.465 e. The largest absolute Gasteiger partial charge is 0.465 e. The van der Waals surface area contributed by atoms with E-state index in [0.717, 1.165) is 11.3 Å². The van der Waals surface area contributed by atoms with Crippen LogP contribution in [0, 0.1) is 5.92 Å². The second-order valence-corrected chi connectivity index (χ2v) is 5.78. The first kappa shape index (κ1) is 16.4. The molecule has 0 saturated carbocycles. The van der Waals surface area contributed by atoms with E-state index in [1.165, 1.54) is 0 Å². The fraction of sp³-hybridized carbons (Fsp3) is 0.438. The van der Waals surface area contributed by atoms with Gasteiger partial charge in [-0.25, -0.2) is 4.99 Å². The summed E-state index contributed by atoms with van der Waals surface area (Å²) in [5, 5.41) is 3.53. The number of thiocarbonyl (C=S) groups is 1. The third-order valence-corrected chi connectivity index (χ3v) is 3.86. The molecule has 0 bridgehead atoms. The van der Waals surface area contributed by atoms with Gasteiger partial charge in [0.15, 0.2) is 5.11 Å². The quantitative estimate of drug-likeness (QED) is 0.682. The number of carbonyl (C=O) groups is 1. The molecule has 1 heterocycles. The summed E-state index contributed by atoms with van der Waals surface area (Å²) in [5.74, 6) is -0.739. The third kappa shape index (κ3) is 3.44. The van der Waals surface area contributed by atoms with Crippen molar-refractivity contribution in [1.29, 1.82) is 0 Å². The number of hydrogen-bond acceptors (Lipinski definition) is 4. The van der Waals surface area contributed by atoms with E-state index in [1.54, 1.807) is 6.92 Å². The monoisotopic (exact) mass is 319 g/mol. The Morgan fingerprint density at radius 3 is 2.55 bits per heavy atom. The Hall–Kier alpha value is -1.95. The lowest BCUT2D eigenvalue weighted by Crippen LogP contribution is -2.44.